The van der Waals surface area contributed by atoms with E-state index in [1.807, 2.05) is 0 Å². The van der Waals surface area contributed by atoms with Crippen molar-refractivity contribution >= 4 is 23.4 Å². The van der Waals surface area contributed by atoms with Gasteiger partial charge >= 0.3 is 0 Å². The molecule has 31 heavy (non-hydrogen) atoms. The Morgan fingerprint density at radius 3 is 2.29 bits per heavy atom. The average Bonchev–Trinajstić information content (AvgIpc) is 2.81. The van der Waals surface area contributed by atoms with Gasteiger partial charge in [0.15, 0.2) is 11.5 Å². The monoisotopic (exact) mass is 446 g/mol. The molecular weight excluding hydrogens is 420 g/mol. The summed E-state index contributed by atoms with van der Waals surface area (Å²) in [6.45, 7) is 1.35. The maximum Gasteiger partial charge on any atom is 0.253 e. The first-order valence-corrected chi connectivity index (χ1v) is 10.5. The van der Waals surface area contributed by atoms with Gasteiger partial charge in [0.1, 0.15) is 0 Å². The molecule has 7 nitrogen and oxygen atoms in total. The second-order valence-corrected chi connectivity index (χ2v) is 7.79. The maximum absolute atomic E-state index is 12.8. The largest absolute Gasteiger partial charge is 0.493 e. The highest BCUT2D eigenvalue weighted by atomic mass is 35.5. The molecule has 1 unspecified atom stereocenters. The Morgan fingerprint density at radius 2 is 1.71 bits per heavy atom. The van der Waals surface area contributed by atoms with E-state index in [2.05, 4.69) is 5.32 Å². The molecule has 1 saturated heterocycles. The Labute approximate surface area is 187 Å². The van der Waals surface area contributed by atoms with E-state index in [1.165, 1.54) is 0 Å². The number of benzene rings is 2. The molecule has 2 amide bonds. The number of halogens is 1. The van der Waals surface area contributed by atoms with Crippen LogP contribution in [0.15, 0.2) is 36.4 Å². The van der Waals surface area contributed by atoms with Crippen molar-refractivity contribution in [2.24, 2.45) is 5.92 Å². The molecule has 1 atom stereocenters. The van der Waals surface area contributed by atoms with Gasteiger partial charge in [-0.2, -0.15) is 0 Å². The van der Waals surface area contributed by atoms with Gasteiger partial charge in [-0.1, -0.05) is 11.6 Å². The number of methoxy groups -OCH3 is 3. The highest BCUT2D eigenvalue weighted by Crippen LogP contribution is 2.38. The molecule has 0 saturated carbocycles. The summed E-state index contributed by atoms with van der Waals surface area (Å²) in [6.07, 6.45) is 1.52. The summed E-state index contributed by atoms with van der Waals surface area (Å²) >= 11 is 5.91. The molecule has 1 aliphatic rings. The molecule has 0 aromatic heterocycles. The quantitative estimate of drug-likeness (QED) is 0.704. The minimum Gasteiger partial charge on any atom is -0.493 e. The van der Waals surface area contributed by atoms with Crippen molar-refractivity contribution < 1.29 is 23.8 Å². The third-order valence-corrected chi connectivity index (χ3v) is 5.61. The van der Waals surface area contributed by atoms with E-state index >= 15 is 0 Å². The molecule has 2 aromatic carbocycles. The fraction of sp³-hybridized carbons (Fsp3) is 0.391. The number of hydrogen-bond donors (Lipinski definition) is 1. The molecule has 2 aromatic rings. The number of carbonyl (C=O) groups is 2. The van der Waals surface area contributed by atoms with Crippen LogP contribution < -0.4 is 19.5 Å². The molecule has 0 aliphatic carbocycles. The number of rotatable bonds is 7. The SMILES string of the molecule is COc1cc(CNC(=O)C2CCCN(C(=O)c3ccc(Cl)cc3)C2)cc(OC)c1OC. The van der Waals surface area contributed by atoms with Crippen LogP contribution in [0, 0.1) is 5.92 Å². The van der Waals surface area contributed by atoms with Gasteiger partial charge in [0.2, 0.25) is 11.7 Å². The number of hydrogen-bond acceptors (Lipinski definition) is 5. The topological polar surface area (TPSA) is 77.1 Å². The predicted octanol–water partition coefficient (Wildman–Crippen LogP) is 3.53. The lowest BCUT2D eigenvalue weighted by Gasteiger charge is -2.32. The van der Waals surface area contributed by atoms with Crippen LogP contribution in [-0.4, -0.2) is 51.1 Å². The standard InChI is InChI=1S/C23H27ClN2O5/c1-29-19-11-15(12-20(30-2)21(19)31-3)13-25-22(27)17-5-4-10-26(14-17)23(28)16-6-8-18(24)9-7-16/h6-9,11-12,17H,4-5,10,13-14H2,1-3H3,(H,25,27). The minimum atomic E-state index is -0.257. The molecule has 0 spiro atoms. The lowest BCUT2D eigenvalue weighted by atomic mass is 9.96. The second kappa shape index (κ2) is 10.4. The van der Waals surface area contributed by atoms with E-state index in [0.717, 1.165) is 18.4 Å². The molecule has 166 valence electrons. The summed E-state index contributed by atoms with van der Waals surface area (Å²) in [5.74, 6) is 1.14. The van der Waals surface area contributed by atoms with E-state index in [0.29, 0.717) is 47.5 Å². The van der Waals surface area contributed by atoms with Gasteiger partial charge < -0.3 is 24.4 Å². The van der Waals surface area contributed by atoms with Crippen molar-refractivity contribution in [1.82, 2.24) is 10.2 Å². The van der Waals surface area contributed by atoms with E-state index in [-0.39, 0.29) is 17.7 Å². The van der Waals surface area contributed by atoms with Gasteiger partial charge in [0, 0.05) is 30.2 Å². The van der Waals surface area contributed by atoms with Crippen molar-refractivity contribution in [3.63, 3.8) is 0 Å². The number of carbonyl (C=O) groups excluding carboxylic acids is 2. The third-order valence-electron chi connectivity index (χ3n) is 5.36. The van der Waals surface area contributed by atoms with Gasteiger partial charge in [0.25, 0.3) is 5.91 Å². The van der Waals surface area contributed by atoms with Crippen LogP contribution in [0.2, 0.25) is 5.02 Å². The van der Waals surface area contributed by atoms with Crippen LogP contribution in [0.25, 0.3) is 0 Å². The molecule has 1 N–H and O–H groups in total. The van der Waals surface area contributed by atoms with Gasteiger partial charge in [-0.25, -0.2) is 0 Å². The Bertz CT molecular complexity index is 907. The zero-order chi connectivity index (χ0) is 22.4. The van der Waals surface area contributed by atoms with Crippen LogP contribution in [0.1, 0.15) is 28.8 Å². The smallest absolute Gasteiger partial charge is 0.253 e. The maximum atomic E-state index is 12.8. The molecule has 8 heteroatoms. The fourth-order valence-corrected chi connectivity index (χ4v) is 3.85. The molecule has 1 fully saturated rings. The fourth-order valence-electron chi connectivity index (χ4n) is 3.72. The van der Waals surface area contributed by atoms with Crippen molar-refractivity contribution in [3.8, 4) is 17.2 Å². The van der Waals surface area contributed by atoms with E-state index < -0.39 is 0 Å². The first-order valence-electron chi connectivity index (χ1n) is 10.1. The van der Waals surface area contributed by atoms with Crippen LogP contribution in [0.4, 0.5) is 0 Å². The van der Waals surface area contributed by atoms with E-state index in [9.17, 15) is 9.59 Å². The highest BCUT2D eigenvalue weighted by molar-refractivity contribution is 6.30. The Hall–Kier alpha value is -2.93. The summed E-state index contributed by atoms with van der Waals surface area (Å²) in [5.41, 5.74) is 1.40. The normalized spacial score (nSPS) is 15.9. The van der Waals surface area contributed by atoms with Crippen molar-refractivity contribution in [2.75, 3.05) is 34.4 Å². The Kier molecular flexibility index (Phi) is 7.63. The predicted molar refractivity (Wildman–Crippen MR) is 118 cm³/mol. The first kappa shape index (κ1) is 22.7. The molecule has 3 rings (SSSR count). The number of amides is 2. The summed E-state index contributed by atoms with van der Waals surface area (Å²) in [6, 6.07) is 10.4. The van der Waals surface area contributed by atoms with Crippen LogP contribution in [0.5, 0.6) is 17.2 Å². The molecular formula is C23H27ClN2O5. The van der Waals surface area contributed by atoms with Crippen LogP contribution >= 0.6 is 11.6 Å². The lowest BCUT2D eigenvalue weighted by Crippen LogP contribution is -2.45. The molecule has 0 radical (unpaired) electrons. The summed E-state index contributed by atoms with van der Waals surface area (Å²) < 4.78 is 16.1. The van der Waals surface area contributed by atoms with E-state index in [4.69, 9.17) is 25.8 Å². The van der Waals surface area contributed by atoms with Crippen LogP contribution in [0.3, 0.4) is 0 Å². The highest BCUT2D eigenvalue weighted by Gasteiger charge is 2.29. The average molecular weight is 447 g/mol. The summed E-state index contributed by atoms with van der Waals surface area (Å²) in [7, 11) is 4.64. The zero-order valence-electron chi connectivity index (χ0n) is 17.9. The Morgan fingerprint density at radius 1 is 1.06 bits per heavy atom. The number of piperidine rings is 1. The van der Waals surface area contributed by atoms with E-state index in [1.54, 1.807) is 62.6 Å². The van der Waals surface area contributed by atoms with Gasteiger partial charge in [-0.3, -0.25) is 9.59 Å². The molecule has 1 aliphatic heterocycles. The third kappa shape index (κ3) is 5.41. The minimum absolute atomic E-state index is 0.0812. The number of nitrogens with one attached hydrogen (secondary N) is 1. The van der Waals surface area contributed by atoms with Gasteiger partial charge in [-0.15, -0.1) is 0 Å². The van der Waals surface area contributed by atoms with Crippen LogP contribution in [-0.2, 0) is 11.3 Å². The number of nitrogens with zero attached hydrogens (tertiary/aromatic N) is 1. The number of likely N-dealkylation sites (tertiary alicyclic amines) is 1. The molecule has 0 bridgehead atoms. The molecule has 1 heterocycles. The van der Waals surface area contributed by atoms with Gasteiger partial charge in [0.05, 0.1) is 27.2 Å². The summed E-state index contributed by atoms with van der Waals surface area (Å²) in [4.78, 5) is 27.3. The summed E-state index contributed by atoms with van der Waals surface area (Å²) in [5, 5.41) is 3.55. The number of ether oxygens (including phenoxy) is 3. The van der Waals surface area contributed by atoms with Crippen molar-refractivity contribution in [3.05, 3.63) is 52.5 Å². The van der Waals surface area contributed by atoms with Gasteiger partial charge in [-0.05, 0) is 54.8 Å². The lowest BCUT2D eigenvalue weighted by molar-refractivity contribution is -0.126. The van der Waals surface area contributed by atoms with Crippen molar-refractivity contribution in [1.29, 1.82) is 0 Å². The second-order valence-electron chi connectivity index (χ2n) is 7.35. The Balaban J connectivity index is 1.63. The van der Waals surface area contributed by atoms with Crippen molar-refractivity contribution in [2.45, 2.75) is 19.4 Å². The first-order chi connectivity index (χ1) is 15.0. The zero-order valence-corrected chi connectivity index (χ0v) is 18.7.